The number of carboxylic acids is 1. The molecule has 0 unspecified atom stereocenters. The molecule has 0 aliphatic carbocycles. The number of aromatic amines is 2. The molecule has 0 radical (unpaired) electrons. The van der Waals surface area contributed by atoms with Gasteiger partial charge in [-0.3, -0.25) is 5.10 Å². The molecule has 0 aliphatic rings. The molecule has 2 aromatic heterocycles. The van der Waals surface area contributed by atoms with Crippen LogP contribution < -0.4 is 0 Å². The summed E-state index contributed by atoms with van der Waals surface area (Å²) in [7, 11) is 0. The summed E-state index contributed by atoms with van der Waals surface area (Å²) < 4.78 is 0.901. The highest BCUT2D eigenvalue weighted by atomic mass is 79.9. The lowest BCUT2D eigenvalue weighted by molar-refractivity contribution is 0.0692. The van der Waals surface area contributed by atoms with E-state index in [1.54, 1.807) is 0 Å². The number of H-pyrrole nitrogens is 2. The first-order valence-electron chi connectivity index (χ1n) is 4.55. The smallest absolute Gasteiger partial charge is 0.354 e. The lowest BCUT2D eigenvalue weighted by atomic mass is 10.2. The van der Waals surface area contributed by atoms with Gasteiger partial charge in [-0.2, -0.15) is 5.10 Å². The van der Waals surface area contributed by atoms with Gasteiger partial charge in [0.05, 0.1) is 5.39 Å². The van der Waals surface area contributed by atoms with E-state index >= 15 is 0 Å². The molecule has 2 heterocycles. The van der Waals surface area contributed by atoms with Crippen LogP contribution in [0.3, 0.4) is 0 Å². The molecule has 0 spiro atoms. The first-order valence-corrected chi connectivity index (χ1v) is 5.34. The highest BCUT2D eigenvalue weighted by Crippen LogP contribution is 2.28. The summed E-state index contributed by atoms with van der Waals surface area (Å²) in [5.41, 5.74) is 1.54. The van der Waals surface area contributed by atoms with Crippen molar-refractivity contribution in [1.82, 2.24) is 15.2 Å². The molecular formula is C10H6BrN3O2. The van der Waals surface area contributed by atoms with Crippen molar-refractivity contribution in [1.29, 1.82) is 0 Å². The van der Waals surface area contributed by atoms with Gasteiger partial charge in [-0.15, -0.1) is 0 Å². The molecule has 3 rings (SSSR count). The number of rotatable bonds is 1. The second-order valence-corrected chi connectivity index (χ2v) is 4.36. The van der Waals surface area contributed by atoms with E-state index in [9.17, 15) is 4.79 Å². The average molecular weight is 280 g/mol. The van der Waals surface area contributed by atoms with Crippen LogP contribution in [0.15, 0.2) is 22.7 Å². The SMILES string of the molecule is O=C(O)c1[nH]nc2[nH]c3ccc(Br)cc3c12. The number of carbonyl (C=O) groups is 1. The maximum Gasteiger partial charge on any atom is 0.354 e. The lowest BCUT2D eigenvalue weighted by Crippen LogP contribution is -1.96. The van der Waals surface area contributed by atoms with Gasteiger partial charge in [0.2, 0.25) is 0 Å². The number of nitrogens with one attached hydrogen (secondary N) is 2. The Balaban J connectivity index is 2.52. The van der Waals surface area contributed by atoms with Crippen molar-refractivity contribution in [2.45, 2.75) is 0 Å². The Labute approximate surface area is 97.6 Å². The zero-order valence-corrected chi connectivity index (χ0v) is 9.50. The van der Waals surface area contributed by atoms with Crippen LogP contribution in [-0.4, -0.2) is 26.3 Å². The van der Waals surface area contributed by atoms with E-state index in [0.29, 0.717) is 11.0 Å². The van der Waals surface area contributed by atoms with Crippen LogP contribution in [0, 0.1) is 0 Å². The predicted molar refractivity (Wildman–Crippen MR) is 62.6 cm³/mol. The Kier molecular flexibility index (Phi) is 1.81. The Hall–Kier alpha value is -1.82. The molecule has 0 fully saturated rings. The molecule has 0 saturated heterocycles. The van der Waals surface area contributed by atoms with Gasteiger partial charge in [-0.05, 0) is 18.2 Å². The maximum atomic E-state index is 11.0. The highest BCUT2D eigenvalue weighted by molar-refractivity contribution is 9.10. The van der Waals surface area contributed by atoms with Crippen molar-refractivity contribution < 1.29 is 9.90 Å². The van der Waals surface area contributed by atoms with E-state index in [2.05, 4.69) is 31.1 Å². The Morgan fingerprint density at radius 1 is 1.44 bits per heavy atom. The molecular weight excluding hydrogens is 274 g/mol. The normalized spacial score (nSPS) is 11.3. The molecule has 1 aromatic carbocycles. The van der Waals surface area contributed by atoms with Crippen molar-refractivity contribution in [3.63, 3.8) is 0 Å². The van der Waals surface area contributed by atoms with Crippen LogP contribution in [0.5, 0.6) is 0 Å². The minimum Gasteiger partial charge on any atom is -0.477 e. The minimum absolute atomic E-state index is 0.111. The van der Waals surface area contributed by atoms with Gasteiger partial charge in [-0.25, -0.2) is 4.79 Å². The third-order valence-corrected chi connectivity index (χ3v) is 2.98. The molecule has 6 heteroatoms. The molecule has 0 atom stereocenters. The largest absolute Gasteiger partial charge is 0.477 e. The Morgan fingerprint density at radius 2 is 2.25 bits per heavy atom. The van der Waals surface area contributed by atoms with E-state index < -0.39 is 5.97 Å². The van der Waals surface area contributed by atoms with Crippen molar-refractivity contribution >= 4 is 43.8 Å². The topological polar surface area (TPSA) is 81.8 Å². The molecule has 5 nitrogen and oxygen atoms in total. The van der Waals surface area contributed by atoms with Crippen molar-refractivity contribution in [3.05, 3.63) is 28.4 Å². The number of aromatic nitrogens is 3. The van der Waals surface area contributed by atoms with Gasteiger partial charge in [0.25, 0.3) is 0 Å². The molecule has 16 heavy (non-hydrogen) atoms. The fraction of sp³-hybridized carbons (Fsp3) is 0. The third-order valence-electron chi connectivity index (χ3n) is 2.48. The number of fused-ring (bicyclic) bond motifs is 3. The first-order chi connectivity index (χ1) is 7.66. The van der Waals surface area contributed by atoms with Gasteiger partial charge in [-0.1, -0.05) is 15.9 Å². The van der Waals surface area contributed by atoms with Crippen LogP contribution in [0.25, 0.3) is 21.9 Å². The summed E-state index contributed by atoms with van der Waals surface area (Å²) >= 11 is 3.36. The van der Waals surface area contributed by atoms with Gasteiger partial charge in [0.15, 0.2) is 11.3 Å². The standard InChI is InChI=1S/C10H6BrN3O2/c11-4-1-2-6-5(3-4)7-8(10(15)16)13-14-9(7)12-6/h1-3H,(H,15,16)(H2,12,13,14). The average Bonchev–Trinajstić information content (AvgIpc) is 2.76. The molecule has 0 amide bonds. The lowest BCUT2D eigenvalue weighted by Gasteiger charge is -1.93. The molecule has 80 valence electrons. The zero-order valence-electron chi connectivity index (χ0n) is 7.91. The summed E-state index contributed by atoms with van der Waals surface area (Å²) in [6.07, 6.45) is 0. The summed E-state index contributed by atoms with van der Waals surface area (Å²) in [6, 6.07) is 5.64. The van der Waals surface area contributed by atoms with Gasteiger partial charge >= 0.3 is 5.97 Å². The van der Waals surface area contributed by atoms with Crippen molar-refractivity contribution in [2.24, 2.45) is 0 Å². The van der Waals surface area contributed by atoms with E-state index in [1.165, 1.54) is 0 Å². The molecule has 0 aliphatic heterocycles. The van der Waals surface area contributed by atoms with E-state index in [4.69, 9.17) is 5.11 Å². The predicted octanol–water partition coefficient (Wildman–Crippen LogP) is 2.50. The second-order valence-electron chi connectivity index (χ2n) is 3.44. The highest BCUT2D eigenvalue weighted by Gasteiger charge is 2.16. The Morgan fingerprint density at radius 3 is 3.00 bits per heavy atom. The summed E-state index contributed by atoms with van der Waals surface area (Å²) in [5, 5.41) is 16.9. The number of nitrogens with zero attached hydrogens (tertiary/aromatic N) is 1. The fourth-order valence-electron chi connectivity index (χ4n) is 1.81. The van der Waals surface area contributed by atoms with Gasteiger partial charge in [0, 0.05) is 15.4 Å². The number of benzene rings is 1. The Bertz CT molecular complexity index is 713. The van der Waals surface area contributed by atoms with Crippen LogP contribution in [0.1, 0.15) is 10.5 Å². The van der Waals surface area contributed by atoms with Crippen molar-refractivity contribution in [2.75, 3.05) is 0 Å². The maximum absolute atomic E-state index is 11.0. The molecule has 0 bridgehead atoms. The zero-order chi connectivity index (χ0) is 11.3. The molecule has 3 aromatic rings. The monoisotopic (exact) mass is 279 g/mol. The van der Waals surface area contributed by atoms with Gasteiger partial charge < -0.3 is 10.1 Å². The second kappa shape index (κ2) is 3.08. The third kappa shape index (κ3) is 1.16. The number of aromatic carboxylic acids is 1. The quantitative estimate of drug-likeness (QED) is 0.640. The minimum atomic E-state index is -1.01. The number of halogens is 1. The summed E-state index contributed by atoms with van der Waals surface area (Å²) in [6.45, 7) is 0. The summed E-state index contributed by atoms with van der Waals surface area (Å²) in [5.74, 6) is -1.01. The van der Waals surface area contributed by atoms with Crippen molar-refractivity contribution in [3.8, 4) is 0 Å². The van der Waals surface area contributed by atoms with Crippen LogP contribution in [-0.2, 0) is 0 Å². The van der Waals surface area contributed by atoms with Crippen LogP contribution in [0.2, 0.25) is 0 Å². The van der Waals surface area contributed by atoms with Crippen LogP contribution in [0.4, 0.5) is 0 Å². The van der Waals surface area contributed by atoms with E-state index in [1.807, 2.05) is 18.2 Å². The van der Waals surface area contributed by atoms with Crippen LogP contribution >= 0.6 is 15.9 Å². The number of hydrogen-bond acceptors (Lipinski definition) is 2. The number of carboxylic acid groups (broad SMARTS) is 1. The molecule has 3 N–H and O–H groups in total. The first kappa shape index (κ1) is 9.41. The van der Waals surface area contributed by atoms with Gasteiger partial charge in [0.1, 0.15) is 0 Å². The van der Waals surface area contributed by atoms with E-state index in [0.717, 1.165) is 15.4 Å². The number of hydrogen-bond donors (Lipinski definition) is 3. The summed E-state index contributed by atoms with van der Waals surface area (Å²) in [4.78, 5) is 14.1. The fourth-order valence-corrected chi connectivity index (χ4v) is 2.17. The van der Waals surface area contributed by atoms with E-state index in [-0.39, 0.29) is 5.69 Å². The molecule has 0 saturated carbocycles.